The van der Waals surface area contributed by atoms with Gasteiger partial charge < -0.3 is 0 Å². The molecule has 2 nitrogen and oxygen atoms in total. The maximum atomic E-state index is 12.9. The molecule has 0 saturated heterocycles. The highest BCUT2D eigenvalue weighted by Gasteiger charge is 2.28. The van der Waals surface area contributed by atoms with E-state index in [4.69, 9.17) is 0 Å². The summed E-state index contributed by atoms with van der Waals surface area (Å²) in [6.07, 6.45) is 9.38. The second kappa shape index (κ2) is 6.67. The molecule has 17 heavy (non-hydrogen) atoms. The Bertz CT molecular complexity index is 313. The van der Waals surface area contributed by atoms with Gasteiger partial charge in [-0.15, -0.1) is 0 Å². The Morgan fingerprint density at radius 1 is 1.06 bits per heavy atom. The molecule has 0 unspecified atom stereocenters. The van der Waals surface area contributed by atoms with Gasteiger partial charge in [0, 0.05) is 5.41 Å². The largest absolute Gasteiger partial charge is 0.238 e. The molecule has 1 aromatic rings. The minimum absolute atomic E-state index is 0.000278. The molecular weight excluding hydrogens is 215 g/mol. The summed E-state index contributed by atoms with van der Waals surface area (Å²) in [7, 11) is 0. The molecule has 0 aliphatic carbocycles. The zero-order valence-corrected chi connectivity index (χ0v) is 11.2. The molecule has 0 saturated carbocycles. The van der Waals surface area contributed by atoms with Gasteiger partial charge >= 0.3 is 0 Å². The van der Waals surface area contributed by atoms with Gasteiger partial charge in [-0.2, -0.15) is 0 Å². The third-order valence-corrected chi connectivity index (χ3v) is 3.32. The van der Waals surface area contributed by atoms with Crippen molar-refractivity contribution in [1.29, 1.82) is 0 Å². The fourth-order valence-electron chi connectivity index (χ4n) is 2.11. The zero-order chi connectivity index (χ0) is 12.7. The van der Waals surface area contributed by atoms with Gasteiger partial charge in [0.1, 0.15) is 5.82 Å². The molecule has 0 spiro atoms. The van der Waals surface area contributed by atoms with Crippen molar-refractivity contribution in [2.45, 2.75) is 64.7 Å². The Morgan fingerprint density at radius 2 is 1.53 bits per heavy atom. The number of rotatable bonds is 7. The summed E-state index contributed by atoms with van der Waals surface area (Å²) < 4.78 is 12.9. The van der Waals surface area contributed by atoms with Crippen LogP contribution in [0, 0.1) is 5.82 Å². The highest BCUT2D eigenvalue weighted by molar-refractivity contribution is 5.06. The molecular formula is C14H23FN2. The van der Waals surface area contributed by atoms with Crippen LogP contribution in [0.15, 0.2) is 12.4 Å². The third-order valence-electron chi connectivity index (χ3n) is 3.32. The highest BCUT2D eigenvalue weighted by Crippen LogP contribution is 2.32. The van der Waals surface area contributed by atoms with E-state index in [-0.39, 0.29) is 11.2 Å². The molecule has 0 bridgehead atoms. The second-order valence-electron chi connectivity index (χ2n) is 4.99. The van der Waals surface area contributed by atoms with Crippen molar-refractivity contribution >= 4 is 0 Å². The number of hydrogen-bond donors (Lipinski definition) is 0. The minimum Gasteiger partial charge on any atom is -0.238 e. The van der Waals surface area contributed by atoms with Gasteiger partial charge in [-0.05, 0) is 12.8 Å². The SMILES string of the molecule is CCCCC(C)(CCCC)c1ncc(F)cn1. The molecule has 0 N–H and O–H groups in total. The van der Waals surface area contributed by atoms with Crippen LogP contribution in [0.4, 0.5) is 4.39 Å². The number of aromatic nitrogens is 2. The summed E-state index contributed by atoms with van der Waals surface area (Å²) in [5.74, 6) is 0.433. The zero-order valence-electron chi connectivity index (χ0n) is 11.2. The van der Waals surface area contributed by atoms with E-state index in [1.165, 1.54) is 38.1 Å². The lowest BCUT2D eigenvalue weighted by Crippen LogP contribution is -2.25. The summed E-state index contributed by atoms with van der Waals surface area (Å²) in [4.78, 5) is 8.34. The van der Waals surface area contributed by atoms with Crippen LogP contribution < -0.4 is 0 Å². The summed E-state index contributed by atoms with van der Waals surface area (Å²) in [6, 6.07) is 0. The van der Waals surface area contributed by atoms with Crippen LogP contribution in [0.1, 0.15) is 65.1 Å². The van der Waals surface area contributed by atoms with E-state index < -0.39 is 0 Å². The molecule has 0 aliphatic rings. The van der Waals surface area contributed by atoms with E-state index in [9.17, 15) is 4.39 Å². The number of nitrogens with zero attached hydrogens (tertiary/aromatic N) is 2. The van der Waals surface area contributed by atoms with Crippen molar-refractivity contribution in [2.24, 2.45) is 0 Å². The first kappa shape index (κ1) is 14.1. The van der Waals surface area contributed by atoms with Crippen LogP contribution in [0.5, 0.6) is 0 Å². The number of unbranched alkanes of at least 4 members (excludes halogenated alkanes) is 2. The summed E-state index contributed by atoms with van der Waals surface area (Å²) in [5, 5.41) is 0. The van der Waals surface area contributed by atoms with E-state index in [0.29, 0.717) is 0 Å². The monoisotopic (exact) mass is 238 g/mol. The van der Waals surface area contributed by atoms with Crippen LogP contribution in [-0.4, -0.2) is 9.97 Å². The van der Waals surface area contributed by atoms with Gasteiger partial charge in [-0.3, -0.25) is 0 Å². The van der Waals surface area contributed by atoms with Crippen molar-refractivity contribution in [2.75, 3.05) is 0 Å². The Labute approximate surface area is 104 Å². The normalized spacial score (nSPS) is 11.8. The first-order chi connectivity index (χ1) is 8.12. The number of hydrogen-bond acceptors (Lipinski definition) is 2. The Balaban J connectivity index is 2.83. The molecule has 0 radical (unpaired) electrons. The molecule has 1 heterocycles. The van der Waals surface area contributed by atoms with Gasteiger partial charge in [0.25, 0.3) is 0 Å². The van der Waals surface area contributed by atoms with Crippen LogP contribution in [-0.2, 0) is 5.41 Å². The lowest BCUT2D eigenvalue weighted by molar-refractivity contribution is 0.352. The van der Waals surface area contributed by atoms with Crippen molar-refractivity contribution in [3.8, 4) is 0 Å². The summed E-state index contributed by atoms with van der Waals surface area (Å²) in [6.45, 7) is 6.57. The maximum absolute atomic E-state index is 12.9. The van der Waals surface area contributed by atoms with Crippen LogP contribution in [0.3, 0.4) is 0 Å². The van der Waals surface area contributed by atoms with Gasteiger partial charge in [-0.25, -0.2) is 14.4 Å². The van der Waals surface area contributed by atoms with Crippen molar-refractivity contribution in [3.63, 3.8) is 0 Å². The van der Waals surface area contributed by atoms with E-state index in [2.05, 4.69) is 30.7 Å². The standard InChI is InChI=1S/C14H23FN2/c1-4-6-8-14(3,9-7-5-2)13-16-10-12(15)11-17-13/h10-11H,4-9H2,1-3H3. The fourth-order valence-corrected chi connectivity index (χ4v) is 2.11. The van der Waals surface area contributed by atoms with Gasteiger partial charge in [0.2, 0.25) is 0 Å². The highest BCUT2D eigenvalue weighted by atomic mass is 19.1. The molecule has 3 heteroatoms. The molecule has 0 fully saturated rings. The average Bonchev–Trinajstić information content (AvgIpc) is 2.34. The van der Waals surface area contributed by atoms with E-state index in [0.717, 1.165) is 18.7 Å². The fraction of sp³-hybridized carbons (Fsp3) is 0.714. The van der Waals surface area contributed by atoms with E-state index in [1.54, 1.807) is 0 Å². The van der Waals surface area contributed by atoms with Crippen LogP contribution in [0.25, 0.3) is 0 Å². The average molecular weight is 238 g/mol. The van der Waals surface area contributed by atoms with Crippen molar-refractivity contribution in [1.82, 2.24) is 9.97 Å². The smallest absolute Gasteiger partial charge is 0.159 e. The first-order valence-corrected chi connectivity index (χ1v) is 6.60. The Morgan fingerprint density at radius 3 is 1.94 bits per heavy atom. The van der Waals surface area contributed by atoms with Crippen LogP contribution >= 0.6 is 0 Å². The van der Waals surface area contributed by atoms with Gasteiger partial charge in [0.05, 0.1) is 12.4 Å². The predicted molar refractivity (Wildman–Crippen MR) is 68.4 cm³/mol. The minimum atomic E-state index is -0.359. The second-order valence-corrected chi connectivity index (χ2v) is 4.99. The van der Waals surface area contributed by atoms with Gasteiger partial charge in [-0.1, -0.05) is 46.5 Å². The van der Waals surface area contributed by atoms with Crippen molar-refractivity contribution < 1.29 is 4.39 Å². The molecule has 1 rings (SSSR count). The quantitative estimate of drug-likeness (QED) is 0.709. The first-order valence-electron chi connectivity index (χ1n) is 6.60. The topological polar surface area (TPSA) is 25.8 Å². The van der Waals surface area contributed by atoms with Gasteiger partial charge in [0.15, 0.2) is 5.82 Å². The lowest BCUT2D eigenvalue weighted by Gasteiger charge is -2.27. The number of halogens is 1. The molecule has 1 aromatic heterocycles. The predicted octanol–water partition coefficient (Wildman–Crippen LogP) is 4.25. The molecule has 0 atom stereocenters. The summed E-state index contributed by atoms with van der Waals surface area (Å²) in [5.41, 5.74) is -0.000278. The molecule has 96 valence electrons. The molecule has 0 amide bonds. The van der Waals surface area contributed by atoms with Crippen LogP contribution in [0.2, 0.25) is 0 Å². The van der Waals surface area contributed by atoms with Crippen molar-refractivity contribution in [3.05, 3.63) is 24.0 Å². The Kier molecular flexibility index (Phi) is 5.52. The lowest BCUT2D eigenvalue weighted by atomic mass is 9.79. The summed E-state index contributed by atoms with van der Waals surface area (Å²) >= 11 is 0. The van der Waals surface area contributed by atoms with E-state index in [1.807, 2.05) is 0 Å². The molecule has 0 aromatic carbocycles. The maximum Gasteiger partial charge on any atom is 0.159 e. The Hall–Kier alpha value is -0.990. The van der Waals surface area contributed by atoms with E-state index >= 15 is 0 Å². The third kappa shape index (κ3) is 4.06. The molecule has 0 aliphatic heterocycles.